The summed E-state index contributed by atoms with van der Waals surface area (Å²) in [5.41, 5.74) is 8.96. The summed E-state index contributed by atoms with van der Waals surface area (Å²) in [5, 5.41) is 0. The van der Waals surface area contributed by atoms with Crippen LogP contribution in [-0.2, 0) is 22.0 Å². The summed E-state index contributed by atoms with van der Waals surface area (Å²) in [6, 6.07) is 13.5. The van der Waals surface area contributed by atoms with Crippen LogP contribution in [0, 0.1) is 0 Å². The lowest BCUT2D eigenvalue weighted by Crippen LogP contribution is -2.36. The number of primary amides is 1. The first-order chi connectivity index (χ1) is 13.1. The highest BCUT2D eigenvalue weighted by atomic mass is 16.5. The van der Waals surface area contributed by atoms with E-state index in [2.05, 4.69) is 27.7 Å². The number of hydrogen-bond acceptors (Lipinski definition) is 3. The van der Waals surface area contributed by atoms with Gasteiger partial charge in [-0.25, -0.2) is 0 Å². The summed E-state index contributed by atoms with van der Waals surface area (Å²) in [5.74, 6) is -0.636. The Morgan fingerprint density at radius 3 is 2.25 bits per heavy atom. The van der Waals surface area contributed by atoms with Crippen molar-refractivity contribution in [1.29, 1.82) is 0 Å². The summed E-state index contributed by atoms with van der Waals surface area (Å²) in [7, 11) is 0. The van der Waals surface area contributed by atoms with Gasteiger partial charge in [-0.2, -0.15) is 0 Å². The predicted octanol–water partition coefficient (Wildman–Crippen LogP) is 4.67. The van der Waals surface area contributed by atoms with Crippen molar-refractivity contribution in [2.24, 2.45) is 5.73 Å². The fourth-order valence-electron chi connectivity index (χ4n) is 4.13. The minimum atomic E-state index is -0.548. The van der Waals surface area contributed by atoms with Crippen LogP contribution in [0.15, 0.2) is 42.5 Å². The molecule has 4 nitrogen and oxygen atoms in total. The number of aryl methyl sites for hydroxylation is 1. The Kier molecular flexibility index (Phi) is 5.33. The zero-order chi connectivity index (χ0) is 20.5. The van der Waals surface area contributed by atoms with Crippen LogP contribution in [0.25, 0.3) is 0 Å². The van der Waals surface area contributed by atoms with Crippen LogP contribution in [-0.4, -0.2) is 11.9 Å². The van der Waals surface area contributed by atoms with Gasteiger partial charge in [0.2, 0.25) is 0 Å². The van der Waals surface area contributed by atoms with Gasteiger partial charge in [0.25, 0.3) is 5.91 Å². The molecule has 2 aromatic rings. The van der Waals surface area contributed by atoms with Crippen LogP contribution >= 0.6 is 0 Å². The number of rotatable bonds is 5. The van der Waals surface area contributed by atoms with Gasteiger partial charge in [-0.15, -0.1) is 0 Å². The molecule has 2 aromatic carbocycles. The molecule has 0 fully saturated rings. The third-order valence-electron chi connectivity index (χ3n) is 5.88. The average molecular weight is 380 g/mol. The van der Waals surface area contributed by atoms with Crippen molar-refractivity contribution in [2.75, 3.05) is 0 Å². The van der Waals surface area contributed by atoms with Gasteiger partial charge in [-0.3, -0.25) is 9.59 Å². The fraction of sp³-hybridized carbons (Fsp3) is 0.417. The fourth-order valence-corrected chi connectivity index (χ4v) is 4.13. The monoisotopic (exact) mass is 379 g/mol. The molecule has 2 N–H and O–H groups in total. The molecule has 0 spiro atoms. The van der Waals surface area contributed by atoms with E-state index in [0.717, 1.165) is 29.5 Å². The van der Waals surface area contributed by atoms with Gasteiger partial charge in [-0.1, -0.05) is 64.1 Å². The molecule has 4 heteroatoms. The highest BCUT2D eigenvalue weighted by Gasteiger charge is 2.40. The van der Waals surface area contributed by atoms with Crippen LogP contribution < -0.4 is 10.5 Å². The topological polar surface area (TPSA) is 69.4 Å². The van der Waals surface area contributed by atoms with E-state index in [9.17, 15) is 9.59 Å². The molecule has 1 aliphatic carbocycles. The van der Waals surface area contributed by atoms with E-state index in [4.69, 9.17) is 10.5 Å². The molecule has 148 valence electrons. The Morgan fingerprint density at radius 1 is 0.964 bits per heavy atom. The van der Waals surface area contributed by atoms with Gasteiger partial charge >= 0.3 is 5.97 Å². The summed E-state index contributed by atoms with van der Waals surface area (Å²) in [6.45, 7) is 8.60. The van der Waals surface area contributed by atoms with Crippen molar-refractivity contribution >= 4 is 11.9 Å². The maximum Gasteiger partial charge on any atom is 0.311 e. The highest BCUT2D eigenvalue weighted by Crippen LogP contribution is 2.48. The number of amides is 1. The molecule has 0 heterocycles. The van der Waals surface area contributed by atoms with E-state index in [1.807, 2.05) is 36.4 Å². The van der Waals surface area contributed by atoms with Crippen molar-refractivity contribution in [1.82, 2.24) is 0 Å². The number of carbonyl (C=O) groups is 2. The van der Waals surface area contributed by atoms with Gasteiger partial charge in [0.1, 0.15) is 5.75 Å². The summed E-state index contributed by atoms with van der Waals surface area (Å²) in [6.07, 6.45) is 2.81. The van der Waals surface area contributed by atoms with Crippen molar-refractivity contribution in [2.45, 2.75) is 64.2 Å². The van der Waals surface area contributed by atoms with Gasteiger partial charge in [0.05, 0.1) is 5.56 Å². The molecule has 0 atom stereocenters. The quantitative estimate of drug-likeness (QED) is 0.606. The third-order valence-corrected chi connectivity index (χ3v) is 5.88. The van der Waals surface area contributed by atoms with Gasteiger partial charge in [0, 0.05) is 6.42 Å². The van der Waals surface area contributed by atoms with Crippen LogP contribution in [0.4, 0.5) is 0 Å². The molecule has 0 saturated carbocycles. The number of carbonyl (C=O) groups excluding carboxylic acids is 2. The predicted molar refractivity (Wildman–Crippen MR) is 111 cm³/mol. The molecular formula is C24H29NO3. The van der Waals surface area contributed by atoms with E-state index in [0.29, 0.717) is 12.0 Å². The molecule has 0 unspecified atom stereocenters. The van der Waals surface area contributed by atoms with Crippen LogP contribution in [0.5, 0.6) is 5.75 Å². The van der Waals surface area contributed by atoms with Crippen LogP contribution in [0.3, 0.4) is 0 Å². The largest absolute Gasteiger partial charge is 0.426 e. The second-order valence-electron chi connectivity index (χ2n) is 8.95. The van der Waals surface area contributed by atoms with E-state index < -0.39 is 5.91 Å². The molecular weight excluding hydrogens is 350 g/mol. The SMILES string of the molecule is CC1(C)CCC(C)(C)c2c1ccc(OC(=O)CCc1ccccc1)c2C(N)=O. The van der Waals surface area contributed by atoms with Crippen molar-refractivity contribution in [3.63, 3.8) is 0 Å². The minimum Gasteiger partial charge on any atom is -0.426 e. The molecule has 0 saturated heterocycles. The molecule has 0 bridgehead atoms. The minimum absolute atomic E-state index is 0.0507. The normalized spacial score (nSPS) is 16.9. The Hall–Kier alpha value is -2.62. The number of fused-ring (bicyclic) bond motifs is 1. The summed E-state index contributed by atoms with van der Waals surface area (Å²) in [4.78, 5) is 24.8. The van der Waals surface area contributed by atoms with Crippen LogP contribution in [0.2, 0.25) is 0 Å². The van der Waals surface area contributed by atoms with Gasteiger partial charge in [0.15, 0.2) is 0 Å². The smallest absolute Gasteiger partial charge is 0.311 e. The summed E-state index contributed by atoms with van der Waals surface area (Å²) < 4.78 is 5.62. The molecule has 3 rings (SSSR count). The standard InChI is InChI=1S/C24H29NO3/c1-23(2)14-15-24(3,4)21-17(23)11-12-18(20(21)22(25)27)28-19(26)13-10-16-8-6-5-7-9-16/h5-9,11-12H,10,13-15H2,1-4H3,(H2,25,27). The second-order valence-corrected chi connectivity index (χ2v) is 8.95. The maximum absolute atomic E-state index is 12.4. The zero-order valence-electron chi connectivity index (χ0n) is 17.2. The number of hydrogen-bond donors (Lipinski definition) is 1. The summed E-state index contributed by atoms with van der Waals surface area (Å²) >= 11 is 0. The number of ether oxygens (including phenoxy) is 1. The van der Waals surface area contributed by atoms with Crippen molar-refractivity contribution in [3.8, 4) is 5.75 Å². The Balaban J connectivity index is 1.92. The van der Waals surface area contributed by atoms with Crippen LogP contribution in [0.1, 0.15) is 74.0 Å². The molecule has 0 aliphatic heterocycles. The number of benzene rings is 2. The highest BCUT2D eigenvalue weighted by molar-refractivity contribution is 5.99. The Labute approximate surface area is 167 Å². The maximum atomic E-state index is 12.4. The molecule has 0 aromatic heterocycles. The molecule has 1 amide bonds. The molecule has 0 radical (unpaired) electrons. The van der Waals surface area contributed by atoms with E-state index in [1.165, 1.54) is 0 Å². The molecule has 1 aliphatic rings. The Bertz CT molecular complexity index is 898. The van der Waals surface area contributed by atoms with E-state index >= 15 is 0 Å². The van der Waals surface area contributed by atoms with Gasteiger partial charge in [-0.05, 0) is 52.8 Å². The third kappa shape index (κ3) is 3.96. The molecule has 28 heavy (non-hydrogen) atoms. The lowest BCUT2D eigenvalue weighted by atomic mass is 9.62. The first kappa shape index (κ1) is 20.1. The average Bonchev–Trinajstić information content (AvgIpc) is 2.64. The lowest BCUT2D eigenvalue weighted by Gasteiger charge is -2.42. The Morgan fingerprint density at radius 2 is 1.61 bits per heavy atom. The van der Waals surface area contributed by atoms with Crippen molar-refractivity contribution < 1.29 is 14.3 Å². The van der Waals surface area contributed by atoms with Crippen molar-refractivity contribution in [3.05, 3.63) is 64.7 Å². The first-order valence-corrected chi connectivity index (χ1v) is 9.84. The number of esters is 1. The van der Waals surface area contributed by atoms with Gasteiger partial charge < -0.3 is 10.5 Å². The lowest BCUT2D eigenvalue weighted by molar-refractivity contribution is -0.134. The van der Waals surface area contributed by atoms with E-state index in [-0.39, 0.29) is 29.0 Å². The zero-order valence-corrected chi connectivity index (χ0v) is 17.2. The van der Waals surface area contributed by atoms with E-state index in [1.54, 1.807) is 6.07 Å². The number of nitrogens with two attached hydrogens (primary N) is 1. The first-order valence-electron chi connectivity index (χ1n) is 9.84. The second kappa shape index (κ2) is 7.42.